The van der Waals surface area contributed by atoms with E-state index in [1.165, 1.54) is 4.88 Å². The smallest absolute Gasteiger partial charge is 0.138 e. The van der Waals surface area contributed by atoms with Crippen LogP contribution in [0, 0.1) is 5.92 Å². The highest BCUT2D eigenvalue weighted by molar-refractivity contribution is 7.09. The van der Waals surface area contributed by atoms with Gasteiger partial charge in [-0.25, -0.2) is 0 Å². The van der Waals surface area contributed by atoms with Crippen molar-refractivity contribution in [1.82, 2.24) is 5.32 Å². The number of Topliss-reactive ketones (excluding diaryl/α,β-unsaturated/α-hetero) is 1. The van der Waals surface area contributed by atoms with Crippen LogP contribution in [0.3, 0.4) is 0 Å². The van der Waals surface area contributed by atoms with Gasteiger partial charge >= 0.3 is 0 Å². The van der Waals surface area contributed by atoms with Gasteiger partial charge in [-0.2, -0.15) is 0 Å². The summed E-state index contributed by atoms with van der Waals surface area (Å²) in [5.74, 6) is 0.729. The first-order valence-electron chi connectivity index (χ1n) is 4.62. The van der Waals surface area contributed by atoms with Crippen molar-refractivity contribution in [3.05, 3.63) is 22.4 Å². The van der Waals surface area contributed by atoms with Gasteiger partial charge in [0.05, 0.1) is 0 Å². The predicted molar refractivity (Wildman–Crippen MR) is 54.0 cm³/mol. The van der Waals surface area contributed by atoms with Crippen LogP contribution in [0.2, 0.25) is 0 Å². The number of nitrogens with one attached hydrogen (secondary N) is 1. The number of carbonyl (C=O) groups excluding carboxylic acids is 1. The molecule has 0 unspecified atom stereocenters. The minimum atomic E-state index is 0.306. The van der Waals surface area contributed by atoms with Gasteiger partial charge in [0.25, 0.3) is 0 Å². The molecule has 70 valence electrons. The number of hydrogen-bond donors (Lipinski definition) is 1. The van der Waals surface area contributed by atoms with Crippen molar-refractivity contribution in [1.29, 1.82) is 0 Å². The average Bonchev–Trinajstić information content (AvgIpc) is 2.49. The van der Waals surface area contributed by atoms with Crippen LogP contribution in [0.15, 0.2) is 17.5 Å². The lowest BCUT2D eigenvalue weighted by Gasteiger charge is -2.25. The third kappa shape index (κ3) is 2.17. The minimum absolute atomic E-state index is 0.306. The molecule has 1 aromatic heterocycles. The fraction of sp³-hybridized carbons (Fsp3) is 0.500. The van der Waals surface area contributed by atoms with Crippen LogP contribution in [0.25, 0.3) is 0 Å². The zero-order valence-electron chi connectivity index (χ0n) is 7.45. The Morgan fingerprint density at radius 2 is 2.46 bits per heavy atom. The quantitative estimate of drug-likeness (QED) is 0.788. The first kappa shape index (κ1) is 8.91. The van der Waals surface area contributed by atoms with E-state index in [1.807, 2.05) is 6.07 Å². The maximum Gasteiger partial charge on any atom is 0.138 e. The summed E-state index contributed by atoms with van der Waals surface area (Å²) in [6.07, 6.45) is 1.64. The van der Waals surface area contributed by atoms with Crippen LogP contribution in [0.1, 0.15) is 11.3 Å². The van der Waals surface area contributed by atoms with Crippen LogP contribution in [0.5, 0.6) is 0 Å². The SMILES string of the molecule is O=C(CCc1cccs1)C1CNC1. The highest BCUT2D eigenvalue weighted by Gasteiger charge is 2.23. The molecule has 0 aromatic carbocycles. The molecule has 1 aliphatic rings. The van der Waals surface area contributed by atoms with Gasteiger partial charge in [-0.15, -0.1) is 11.3 Å². The Balaban J connectivity index is 1.76. The fourth-order valence-electron chi connectivity index (χ4n) is 1.42. The summed E-state index contributed by atoms with van der Waals surface area (Å²) in [6.45, 7) is 1.78. The second-order valence-electron chi connectivity index (χ2n) is 3.40. The molecule has 2 heterocycles. The fourth-order valence-corrected chi connectivity index (χ4v) is 2.13. The Hall–Kier alpha value is -0.670. The number of thiophene rings is 1. The molecular formula is C10H13NOS. The number of hydrogen-bond acceptors (Lipinski definition) is 3. The molecule has 0 saturated carbocycles. The van der Waals surface area contributed by atoms with Crippen LogP contribution in [-0.2, 0) is 11.2 Å². The van der Waals surface area contributed by atoms with Crippen molar-refractivity contribution in [2.24, 2.45) is 5.92 Å². The summed E-state index contributed by atoms with van der Waals surface area (Å²) in [5, 5.41) is 5.18. The third-order valence-electron chi connectivity index (χ3n) is 2.43. The Bertz CT molecular complexity index is 277. The molecule has 0 atom stereocenters. The van der Waals surface area contributed by atoms with Crippen LogP contribution in [-0.4, -0.2) is 18.9 Å². The second-order valence-corrected chi connectivity index (χ2v) is 4.43. The second kappa shape index (κ2) is 4.03. The Kier molecular flexibility index (Phi) is 2.76. The first-order valence-corrected chi connectivity index (χ1v) is 5.50. The number of rotatable bonds is 4. The van der Waals surface area contributed by atoms with Crippen LogP contribution >= 0.6 is 11.3 Å². The van der Waals surface area contributed by atoms with Gasteiger partial charge in [0, 0.05) is 30.3 Å². The minimum Gasteiger partial charge on any atom is -0.315 e. The van der Waals surface area contributed by atoms with Gasteiger partial charge < -0.3 is 5.32 Å². The maximum absolute atomic E-state index is 11.5. The number of ketones is 1. The van der Waals surface area contributed by atoms with E-state index in [1.54, 1.807) is 11.3 Å². The van der Waals surface area contributed by atoms with E-state index < -0.39 is 0 Å². The number of carbonyl (C=O) groups is 1. The first-order chi connectivity index (χ1) is 6.36. The van der Waals surface area contributed by atoms with E-state index >= 15 is 0 Å². The molecule has 1 saturated heterocycles. The molecule has 2 nitrogen and oxygen atoms in total. The molecule has 0 radical (unpaired) electrons. The summed E-state index contributed by atoms with van der Waals surface area (Å²) < 4.78 is 0. The molecule has 0 bridgehead atoms. The van der Waals surface area contributed by atoms with E-state index in [0.717, 1.165) is 19.5 Å². The maximum atomic E-state index is 11.5. The van der Waals surface area contributed by atoms with Gasteiger partial charge in [-0.05, 0) is 17.9 Å². The van der Waals surface area contributed by atoms with E-state index in [4.69, 9.17) is 0 Å². The van der Waals surface area contributed by atoms with Crippen LogP contribution < -0.4 is 5.32 Å². The van der Waals surface area contributed by atoms with Gasteiger partial charge in [-0.1, -0.05) is 6.07 Å². The lowest BCUT2D eigenvalue weighted by atomic mass is 9.95. The summed E-state index contributed by atoms with van der Waals surface area (Å²) in [6, 6.07) is 4.13. The summed E-state index contributed by atoms with van der Waals surface area (Å²) >= 11 is 1.73. The summed E-state index contributed by atoms with van der Waals surface area (Å²) in [7, 11) is 0. The summed E-state index contributed by atoms with van der Waals surface area (Å²) in [4.78, 5) is 12.8. The Labute approximate surface area is 82.0 Å². The molecule has 0 spiro atoms. The highest BCUT2D eigenvalue weighted by atomic mass is 32.1. The Morgan fingerprint density at radius 1 is 1.62 bits per heavy atom. The molecule has 0 aliphatic carbocycles. The van der Waals surface area contributed by atoms with Crippen molar-refractivity contribution in [2.75, 3.05) is 13.1 Å². The van der Waals surface area contributed by atoms with Gasteiger partial charge in [-0.3, -0.25) is 4.79 Å². The van der Waals surface area contributed by atoms with Crippen molar-refractivity contribution in [2.45, 2.75) is 12.8 Å². The molecule has 13 heavy (non-hydrogen) atoms. The lowest BCUT2D eigenvalue weighted by molar-refractivity contribution is -0.124. The monoisotopic (exact) mass is 195 g/mol. The average molecular weight is 195 g/mol. The largest absolute Gasteiger partial charge is 0.315 e. The Morgan fingerprint density at radius 3 is 3.00 bits per heavy atom. The highest BCUT2D eigenvalue weighted by Crippen LogP contribution is 2.14. The third-order valence-corrected chi connectivity index (χ3v) is 3.37. The molecule has 2 rings (SSSR count). The van der Waals surface area contributed by atoms with E-state index in [-0.39, 0.29) is 0 Å². The van der Waals surface area contributed by atoms with Gasteiger partial charge in [0.2, 0.25) is 0 Å². The molecule has 0 amide bonds. The van der Waals surface area contributed by atoms with Crippen LogP contribution in [0.4, 0.5) is 0 Å². The predicted octanol–water partition coefficient (Wildman–Crippen LogP) is 1.47. The topological polar surface area (TPSA) is 29.1 Å². The lowest BCUT2D eigenvalue weighted by Crippen LogP contribution is -2.46. The molecular weight excluding hydrogens is 182 g/mol. The van der Waals surface area contributed by atoms with E-state index in [0.29, 0.717) is 18.1 Å². The zero-order valence-corrected chi connectivity index (χ0v) is 8.27. The van der Waals surface area contributed by atoms with Gasteiger partial charge in [0.15, 0.2) is 0 Å². The molecule has 1 N–H and O–H groups in total. The molecule has 1 aliphatic heterocycles. The van der Waals surface area contributed by atoms with Crippen molar-refractivity contribution in [3.63, 3.8) is 0 Å². The van der Waals surface area contributed by atoms with Crippen molar-refractivity contribution >= 4 is 17.1 Å². The normalized spacial score (nSPS) is 16.9. The summed E-state index contributed by atoms with van der Waals surface area (Å²) in [5.41, 5.74) is 0. The van der Waals surface area contributed by atoms with Crippen molar-refractivity contribution in [3.8, 4) is 0 Å². The molecule has 1 fully saturated rings. The van der Waals surface area contributed by atoms with Gasteiger partial charge in [0.1, 0.15) is 5.78 Å². The molecule has 3 heteroatoms. The van der Waals surface area contributed by atoms with Crippen molar-refractivity contribution < 1.29 is 4.79 Å². The number of aryl methyl sites for hydroxylation is 1. The molecule has 1 aromatic rings. The standard InChI is InChI=1S/C10H13NOS/c12-10(8-6-11-7-8)4-3-9-2-1-5-13-9/h1-2,5,8,11H,3-4,6-7H2. The zero-order chi connectivity index (χ0) is 9.10. The van der Waals surface area contributed by atoms with E-state index in [2.05, 4.69) is 16.8 Å². The van der Waals surface area contributed by atoms with E-state index in [9.17, 15) is 4.79 Å².